The van der Waals surface area contributed by atoms with E-state index in [-0.39, 0.29) is 29.9 Å². The summed E-state index contributed by atoms with van der Waals surface area (Å²) in [5, 5.41) is 11.4. The Hall–Kier alpha value is -3.18. The van der Waals surface area contributed by atoms with Crippen LogP contribution in [-0.4, -0.2) is 40.4 Å². The van der Waals surface area contributed by atoms with Gasteiger partial charge in [0, 0.05) is 24.4 Å². The van der Waals surface area contributed by atoms with Gasteiger partial charge >= 0.3 is 6.09 Å². The van der Waals surface area contributed by atoms with E-state index >= 15 is 0 Å². The molecule has 3 aliphatic rings. The summed E-state index contributed by atoms with van der Waals surface area (Å²) in [5.41, 5.74) is 4.67. The largest absolute Gasteiger partial charge is 0.448 e. The molecule has 1 aliphatic carbocycles. The average molecular weight is 472 g/mol. The van der Waals surface area contributed by atoms with Crippen molar-refractivity contribution >= 4 is 6.09 Å². The summed E-state index contributed by atoms with van der Waals surface area (Å²) in [6.07, 6.45) is 3.84. The molecule has 1 N–H and O–H groups in total. The highest BCUT2D eigenvalue weighted by Crippen LogP contribution is 2.45. The molecule has 3 aromatic rings. The molecule has 6 rings (SSSR count). The summed E-state index contributed by atoms with van der Waals surface area (Å²) in [6.45, 7) is 0.302. The van der Waals surface area contributed by atoms with Gasteiger partial charge in [0.25, 0.3) is 0 Å². The van der Waals surface area contributed by atoms with Gasteiger partial charge in [-0.1, -0.05) is 60.7 Å². The van der Waals surface area contributed by atoms with Gasteiger partial charge in [-0.3, -0.25) is 0 Å². The molecule has 0 spiro atoms. The molecule has 0 aromatic heterocycles. The van der Waals surface area contributed by atoms with Crippen molar-refractivity contribution in [2.45, 2.75) is 62.1 Å². The number of aliphatic hydroxyl groups is 1. The van der Waals surface area contributed by atoms with Crippen molar-refractivity contribution in [3.63, 3.8) is 0 Å². The fourth-order valence-corrected chi connectivity index (χ4v) is 6.66. The third-order valence-corrected chi connectivity index (χ3v) is 8.06. The fraction of sp³-hybridized carbons (Fsp3) is 0.367. The van der Waals surface area contributed by atoms with Crippen LogP contribution in [-0.2, 0) is 11.2 Å². The number of carbonyl (C=O) groups is 1. The van der Waals surface area contributed by atoms with E-state index < -0.39 is 5.60 Å². The number of nitrogens with zero attached hydrogens (tertiary/aromatic N) is 1. The zero-order valence-corrected chi connectivity index (χ0v) is 19.7. The Bertz CT molecular complexity index is 1200. The Morgan fingerprint density at radius 1 is 0.943 bits per heavy atom. The molecule has 2 heterocycles. The van der Waals surface area contributed by atoms with Gasteiger partial charge in [-0.05, 0) is 72.1 Å². The SMILES string of the molecule is O=C(OCC1c2ccccc2-c2ccccc21)N1C2CCCC1CC(O)(Cc1cccc(F)c1)C2. The van der Waals surface area contributed by atoms with Crippen LogP contribution in [0.4, 0.5) is 9.18 Å². The van der Waals surface area contributed by atoms with Crippen molar-refractivity contribution in [3.8, 4) is 11.1 Å². The number of rotatable bonds is 4. The van der Waals surface area contributed by atoms with E-state index in [1.807, 2.05) is 35.2 Å². The van der Waals surface area contributed by atoms with Crippen molar-refractivity contribution in [1.29, 1.82) is 0 Å². The van der Waals surface area contributed by atoms with Crippen molar-refractivity contribution in [3.05, 3.63) is 95.3 Å². The number of benzene rings is 3. The van der Waals surface area contributed by atoms with Crippen LogP contribution < -0.4 is 0 Å². The monoisotopic (exact) mass is 471 g/mol. The standard InChI is InChI=1S/C30H30FNO3/c31-21-8-5-7-20(15-21)16-30(34)17-22-9-6-10-23(18-30)32(22)29(33)35-19-28-26-13-3-1-11-24(26)25-12-2-4-14-27(25)28/h1-5,7-8,11-15,22-23,28,34H,6,9-10,16-19H2. The van der Waals surface area contributed by atoms with Gasteiger partial charge in [-0.25, -0.2) is 9.18 Å². The summed E-state index contributed by atoms with van der Waals surface area (Å²) in [4.78, 5) is 15.3. The number of piperidine rings is 2. The lowest BCUT2D eigenvalue weighted by Gasteiger charge is -2.51. The number of hydrogen-bond acceptors (Lipinski definition) is 3. The number of fused-ring (bicyclic) bond motifs is 5. The highest BCUT2D eigenvalue weighted by molar-refractivity contribution is 5.79. The highest BCUT2D eigenvalue weighted by atomic mass is 19.1. The van der Waals surface area contributed by atoms with Crippen molar-refractivity contribution in [2.75, 3.05) is 6.61 Å². The average Bonchev–Trinajstić information content (AvgIpc) is 3.15. The Labute approximate surface area is 205 Å². The predicted octanol–water partition coefficient (Wildman–Crippen LogP) is 6.07. The smallest absolute Gasteiger partial charge is 0.410 e. The number of hydrogen-bond donors (Lipinski definition) is 1. The molecule has 3 aromatic carbocycles. The van der Waals surface area contributed by atoms with Crippen LogP contribution in [0.3, 0.4) is 0 Å². The lowest BCUT2D eigenvalue weighted by atomic mass is 9.73. The number of halogens is 1. The van der Waals surface area contributed by atoms with Crippen LogP contribution in [0, 0.1) is 5.82 Å². The third kappa shape index (κ3) is 4.12. The van der Waals surface area contributed by atoms with Gasteiger partial charge < -0.3 is 14.7 Å². The van der Waals surface area contributed by atoms with Gasteiger partial charge in [-0.15, -0.1) is 0 Å². The maximum atomic E-state index is 13.7. The number of amides is 1. The van der Waals surface area contributed by atoms with Gasteiger partial charge in [0.2, 0.25) is 0 Å². The van der Waals surface area contributed by atoms with Gasteiger partial charge in [0.15, 0.2) is 0 Å². The molecule has 1 amide bonds. The molecule has 180 valence electrons. The molecule has 35 heavy (non-hydrogen) atoms. The molecule has 2 fully saturated rings. The zero-order chi connectivity index (χ0) is 24.0. The molecular weight excluding hydrogens is 441 g/mol. The van der Waals surface area contributed by atoms with Crippen LogP contribution in [0.5, 0.6) is 0 Å². The molecule has 0 saturated carbocycles. The summed E-state index contributed by atoms with van der Waals surface area (Å²) in [7, 11) is 0. The zero-order valence-electron chi connectivity index (χ0n) is 19.7. The first kappa shape index (κ1) is 22.3. The van der Waals surface area contributed by atoms with Crippen molar-refractivity contribution in [2.24, 2.45) is 0 Å². The van der Waals surface area contributed by atoms with Crippen LogP contribution in [0.25, 0.3) is 11.1 Å². The van der Waals surface area contributed by atoms with Crippen LogP contribution in [0.1, 0.15) is 54.7 Å². The second-order valence-corrected chi connectivity index (χ2v) is 10.4. The summed E-state index contributed by atoms with van der Waals surface area (Å²) in [6, 6.07) is 23.0. The fourth-order valence-electron chi connectivity index (χ4n) is 6.66. The molecule has 0 radical (unpaired) electrons. The van der Waals surface area contributed by atoms with E-state index in [1.165, 1.54) is 34.4 Å². The maximum Gasteiger partial charge on any atom is 0.410 e. The second-order valence-electron chi connectivity index (χ2n) is 10.4. The van der Waals surface area contributed by atoms with E-state index in [0.29, 0.717) is 25.9 Å². The van der Waals surface area contributed by atoms with Gasteiger partial charge in [0.1, 0.15) is 12.4 Å². The Balaban J connectivity index is 1.17. The summed E-state index contributed by atoms with van der Waals surface area (Å²) < 4.78 is 19.7. The molecule has 2 unspecified atom stereocenters. The third-order valence-electron chi connectivity index (χ3n) is 8.06. The topological polar surface area (TPSA) is 49.8 Å². The molecule has 2 atom stereocenters. The van der Waals surface area contributed by atoms with E-state index in [0.717, 1.165) is 24.8 Å². The highest BCUT2D eigenvalue weighted by Gasteiger charge is 2.48. The first-order valence-corrected chi connectivity index (χ1v) is 12.6. The minimum Gasteiger partial charge on any atom is -0.448 e. The summed E-state index contributed by atoms with van der Waals surface area (Å²) >= 11 is 0. The first-order chi connectivity index (χ1) is 17.0. The Morgan fingerprint density at radius 2 is 1.57 bits per heavy atom. The molecule has 2 aliphatic heterocycles. The van der Waals surface area contributed by atoms with Crippen molar-refractivity contribution in [1.82, 2.24) is 4.90 Å². The van der Waals surface area contributed by atoms with E-state index in [2.05, 4.69) is 24.3 Å². The van der Waals surface area contributed by atoms with Crippen LogP contribution in [0.2, 0.25) is 0 Å². The maximum absolute atomic E-state index is 13.7. The Morgan fingerprint density at radius 3 is 2.20 bits per heavy atom. The minimum absolute atomic E-state index is 0.0286. The number of ether oxygens (including phenoxy) is 1. The molecule has 2 bridgehead atoms. The molecule has 4 nitrogen and oxygen atoms in total. The molecule has 5 heteroatoms. The lowest BCUT2D eigenvalue weighted by Crippen LogP contribution is -2.60. The minimum atomic E-state index is -0.941. The predicted molar refractivity (Wildman–Crippen MR) is 133 cm³/mol. The van der Waals surface area contributed by atoms with E-state index in [1.54, 1.807) is 6.07 Å². The van der Waals surface area contributed by atoms with Crippen LogP contribution >= 0.6 is 0 Å². The lowest BCUT2D eigenvalue weighted by molar-refractivity contribution is -0.0840. The van der Waals surface area contributed by atoms with Gasteiger partial charge in [-0.2, -0.15) is 0 Å². The van der Waals surface area contributed by atoms with Gasteiger partial charge in [0.05, 0.1) is 5.60 Å². The first-order valence-electron chi connectivity index (χ1n) is 12.6. The van der Waals surface area contributed by atoms with Crippen molar-refractivity contribution < 1.29 is 19.0 Å². The van der Waals surface area contributed by atoms with E-state index in [9.17, 15) is 14.3 Å². The molecule has 2 saturated heterocycles. The quantitative estimate of drug-likeness (QED) is 0.503. The second kappa shape index (κ2) is 8.80. The van der Waals surface area contributed by atoms with E-state index in [4.69, 9.17) is 4.74 Å². The Kier molecular flexibility index (Phi) is 5.60. The molecular formula is C30H30FNO3. The summed E-state index contributed by atoms with van der Waals surface area (Å²) in [5.74, 6) is -0.261. The van der Waals surface area contributed by atoms with Crippen LogP contribution in [0.15, 0.2) is 72.8 Å². The normalized spacial score (nSPS) is 25.1. The number of carbonyl (C=O) groups excluding carboxylic acids is 1.